The lowest BCUT2D eigenvalue weighted by molar-refractivity contribution is -0.138. The average molecular weight is 434 g/mol. The highest BCUT2D eigenvalue weighted by atomic mass is 35.5. The van der Waals surface area contributed by atoms with Crippen molar-refractivity contribution < 1.29 is 19.0 Å². The molecule has 30 heavy (non-hydrogen) atoms. The number of aromatic nitrogens is 2. The lowest BCUT2D eigenvalue weighted by Crippen LogP contribution is -2.38. The van der Waals surface area contributed by atoms with Crippen molar-refractivity contribution in [2.45, 2.75) is 52.2 Å². The van der Waals surface area contributed by atoms with Crippen molar-refractivity contribution in [2.75, 3.05) is 25.6 Å². The highest BCUT2D eigenvalue weighted by Gasteiger charge is 2.38. The van der Waals surface area contributed by atoms with Gasteiger partial charge in [0.2, 0.25) is 0 Å². The van der Waals surface area contributed by atoms with Crippen molar-refractivity contribution in [1.29, 1.82) is 0 Å². The number of anilines is 1. The summed E-state index contributed by atoms with van der Waals surface area (Å²) in [6.07, 6.45) is 1.83. The fraction of sp³-hybridized carbons (Fsp3) is 0.500. The number of nitrogens with one attached hydrogen (secondary N) is 1. The third-order valence-electron chi connectivity index (χ3n) is 4.99. The van der Waals surface area contributed by atoms with E-state index < -0.39 is 6.04 Å². The summed E-state index contributed by atoms with van der Waals surface area (Å²) in [6, 6.07) is 4.90. The van der Waals surface area contributed by atoms with E-state index in [0.29, 0.717) is 36.0 Å². The first-order valence-electron chi connectivity index (χ1n) is 10.3. The Hall–Kier alpha value is -2.38. The topological polar surface area (TPSA) is 82.6 Å². The zero-order valence-electron chi connectivity index (χ0n) is 17.8. The van der Waals surface area contributed by atoms with Gasteiger partial charge in [-0.2, -0.15) is 0 Å². The number of hydrogen-bond acceptors (Lipinski definition) is 7. The van der Waals surface area contributed by atoms with Crippen molar-refractivity contribution >= 4 is 23.4 Å². The van der Waals surface area contributed by atoms with E-state index in [4.69, 9.17) is 35.8 Å². The van der Waals surface area contributed by atoms with Gasteiger partial charge in [-0.15, -0.1) is 0 Å². The second-order valence-electron chi connectivity index (χ2n) is 7.03. The van der Waals surface area contributed by atoms with E-state index in [1.165, 1.54) is 0 Å². The summed E-state index contributed by atoms with van der Waals surface area (Å²) < 4.78 is 16.2. The van der Waals surface area contributed by atoms with Crippen LogP contribution < -0.4 is 10.1 Å². The second kappa shape index (κ2) is 10.1. The number of hydrogen-bond donors (Lipinski definition) is 1. The third kappa shape index (κ3) is 4.68. The van der Waals surface area contributed by atoms with Gasteiger partial charge in [-0.05, 0) is 37.5 Å². The van der Waals surface area contributed by atoms with Gasteiger partial charge < -0.3 is 19.5 Å². The Morgan fingerprint density at radius 1 is 1.20 bits per heavy atom. The van der Waals surface area contributed by atoms with Gasteiger partial charge in [0.1, 0.15) is 24.3 Å². The normalized spacial score (nSPS) is 18.4. The van der Waals surface area contributed by atoms with E-state index in [1.807, 2.05) is 32.9 Å². The molecule has 1 N–H and O–H groups in total. The van der Waals surface area contributed by atoms with Crippen molar-refractivity contribution in [2.24, 2.45) is 0 Å². The van der Waals surface area contributed by atoms with Crippen molar-refractivity contribution in [3.05, 3.63) is 34.6 Å². The average Bonchev–Trinajstić information content (AvgIpc) is 3.11. The first-order chi connectivity index (χ1) is 14.5. The molecule has 1 aromatic heterocycles. The number of rotatable bonds is 9. The Labute approximate surface area is 182 Å². The predicted octanol–water partition coefficient (Wildman–Crippen LogP) is 4.06. The largest absolute Gasteiger partial charge is 0.497 e. The van der Waals surface area contributed by atoms with E-state index in [-0.39, 0.29) is 18.7 Å². The second-order valence-corrected chi connectivity index (χ2v) is 7.44. The number of methoxy groups -OCH3 is 1. The van der Waals surface area contributed by atoms with E-state index in [1.54, 1.807) is 13.2 Å². The number of benzene rings is 1. The van der Waals surface area contributed by atoms with Crippen LogP contribution in [-0.4, -0.2) is 48.4 Å². The molecule has 2 atom stereocenters. The monoisotopic (exact) mass is 433 g/mol. The number of ether oxygens (including phenoxy) is 3. The van der Waals surface area contributed by atoms with Gasteiger partial charge in [-0.1, -0.05) is 32.4 Å². The number of halogens is 1. The molecule has 3 rings (SSSR count). The lowest BCUT2D eigenvalue weighted by atomic mass is 10.1. The van der Waals surface area contributed by atoms with Crippen LogP contribution in [0.5, 0.6) is 5.75 Å². The smallest absolute Gasteiger partial charge is 0.331 e. The molecule has 0 unspecified atom stereocenters. The molecule has 0 radical (unpaired) electrons. The molecule has 0 bridgehead atoms. The standard InChI is InChI=1S/C22H28ClN3O4/c1-5-10-29-18-12-30-22(27)20(18)26-21-17(7-3)24-19(16(6-2)25-21)14-9-8-13(28-4)11-15(14)23/h8-9,11,18,20H,5-7,10,12H2,1-4H3,(H,25,26)/t18-,20-/m0/s1. The molecular weight excluding hydrogens is 406 g/mol. The fourth-order valence-corrected chi connectivity index (χ4v) is 3.62. The molecule has 0 spiro atoms. The zero-order valence-corrected chi connectivity index (χ0v) is 18.6. The van der Waals surface area contributed by atoms with Gasteiger partial charge in [0.15, 0.2) is 6.04 Å². The lowest BCUT2D eigenvalue weighted by Gasteiger charge is -2.20. The minimum atomic E-state index is -0.601. The number of carbonyl (C=O) groups is 1. The Morgan fingerprint density at radius 2 is 1.97 bits per heavy atom. The Bertz CT molecular complexity index is 906. The Morgan fingerprint density at radius 3 is 2.60 bits per heavy atom. The van der Waals surface area contributed by atoms with Gasteiger partial charge in [-0.25, -0.2) is 14.8 Å². The highest BCUT2D eigenvalue weighted by molar-refractivity contribution is 6.33. The van der Waals surface area contributed by atoms with Crippen LogP contribution in [0.3, 0.4) is 0 Å². The molecule has 2 aromatic rings. The minimum Gasteiger partial charge on any atom is -0.497 e. The maximum Gasteiger partial charge on any atom is 0.331 e. The van der Waals surface area contributed by atoms with Gasteiger partial charge in [0, 0.05) is 12.2 Å². The molecule has 1 saturated heterocycles. The zero-order chi connectivity index (χ0) is 21.7. The van der Waals surface area contributed by atoms with Crippen LogP contribution in [-0.2, 0) is 27.1 Å². The van der Waals surface area contributed by atoms with Gasteiger partial charge >= 0.3 is 5.97 Å². The molecule has 0 amide bonds. The Balaban J connectivity index is 1.96. The van der Waals surface area contributed by atoms with Crippen LogP contribution in [0.2, 0.25) is 5.02 Å². The molecule has 0 aliphatic carbocycles. The fourth-order valence-electron chi connectivity index (χ4n) is 3.36. The molecule has 2 heterocycles. The van der Waals surface area contributed by atoms with Gasteiger partial charge in [0.25, 0.3) is 0 Å². The molecule has 1 fully saturated rings. The first-order valence-corrected chi connectivity index (χ1v) is 10.7. The summed E-state index contributed by atoms with van der Waals surface area (Å²) in [5, 5.41) is 3.78. The van der Waals surface area contributed by atoms with E-state index in [0.717, 1.165) is 29.1 Å². The quantitative estimate of drug-likeness (QED) is 0.597. The molecule has 7 nitrogen and oxygen atoms in total. The van der Waals surface area contributed by atoms with Crippen molar-refractivity contribution in [1.82, 2.24) is 9.97 Å². The van der Waals surface area contributed by atoms with Crippen molar-refractivity contribution in [3.63, 3.8) is 0 Å². The van der Waals surface area contributed by atoms with Gasteiger partial charge in [-0.3, -0.25) is 0 Å². The SMILES string of the molecule is CCCO[C@H]1COC(=O)[C@H]1Nc1nc(CC)c(-c2ccc(OC)cc2Cl)nc1CC. The molecule has 162 valence electrons. The summed E-state index contributed by atoms with van der Waals surface area (Å²) in [4.78, 5) is 21.9. The number of esters is 1. The third-order valence-corrected chi connectivity index (χ3v) is 5.30. The number of nitrogens with zero attached hydrogens (tertiary/aromatic N) is 2. The van der Waals surface area contributed by atoms with E-state index in [2.05, 4.69) is 5.32 Å². The maximum absolute atomic E-state index is 12.3. The maximum atomic E-state index is 12.3. The molecule has 1 aliphatic heterocycles. The number of carbonyl (C=O) groups excluding carboxylic acids is 1. The first kappa shape index (κ1) is 22.3. The van der Waals surface area contributed by atoms with Crippen LogP contribution >= 0.6 is 11.6 Å². The molecule has 8 heteroatoms. The summed E-state index contributed by atoms with van der Waals surface area (Å²) in [6.45, 7) is 6.85. The minimum absolute atomic E-state index is 0.242. The van der Waals surface area contributed by atoms with Crippen LogP contribution in [0.25, 0.3) is 11.3 Å². The Kier molecular flexibility index (Phi) is 7.50. The van der Waals surface area contributed by atoms with Crippen LogP contribution in [0.15, 0.2) is 18.2 Å². The number of aryl methyl sites for hydroxylation is 2. The summed E-state index contributed by atoms with van der Waals surface area (Å²) in [7, 11) is 1.60. The molecule has 0 saturated carbocycles. The van der Waals surface area contributed by atoms with Crippen molar-refractivity contribution in [3.8, 4) is 17.0 Å². The van der Waals surface area contributed by atoms with Crippen LogP contribution in [0, 0.1) is 0 Å². The van der Waals surface area contributed by atoms with Crippen LogP contribution in [0.4, 0.5) is 5.82 Å². The number of cyclic esters (lactones) is 1. The summed E-state index contributed by atoms with van der Waals surface area (Å²) in [5.74, 6) is 0.929. The summed E-state index contributed by atoms with van der Waals surface area (Å²) >= 11 is 6.49. The molecule has 1 aliphatic rings. The summed E-state index contributed by atoms with van der Waals surface area (Å²) in [5.41, 5.74) is 3.08. The van der Waals surface area contributed by atoms with Crippen LogP contribution in [0.1, 0.15) is 38.6 Å². The molecular formula is C22H28ClN3O4. The van der Waals surface area contributed by atoms with Gasteiger partial charge in [0.05, 0.1) is 29.2 Å². The predicted molar refractivity (Wildman–Crippen MR) is 116 cm³/mol. The molecule has 1 aromatic carbocycles. The van der Waals surface area contributed by atoms with E-state index in [9.17, 15) is 4.79 Å². The highest BCUT2D eigenvalue weighted by Crippen LogP contribution is 2.33. The van der Waals surface area contributed by atoms with E-state index >= 15 is 0 Å².